The summed E-state index contributed by atoms with van der Waals surface area (Å²) in [5, 5.41) is 6.01. The number of piperidine rings is 1. The molecule has 3 rings (SSSR count). The Bertz CT molecular complexity index is 805. The fraction of sp³-hybridized carbons (Fsp3) is 0.500. The van der Waals surface area contributed by atoms with Crippen molar-refractivity contribution < 1.29 is 14.3 Å². The maximum atomic E-state index is 13.2. The van der Waals surface area contributed by atoms with Crippen LogP contribution in [0.25, 0.3) is 0 Å². The zero-order valence-electron chi connectivity index (χ0n) is 17.3. The Kier molecular flexibility index (Phi) is 7.25. The van der Waals surface area contributed by atoms with Gasteiger partial charge in [-0.05, 0) is 49.9 Å². The van der Waals surface area contributed by atoms with Gasteiger partial charge < -0.3 is 15.0 Å². The molecule has 0 bridgehead atoms. The minimum atomic E-state index is -0.552. The molecule has 7 heteroatoms. The number of likely N-dealkylation sites (tertiary alicyclic amines) is 1. The van der Waals surface area contributed by atoms with E-state index in [9.17, 15) is 9.59 Å². The van der Waals surface area contributed by atoms with Crippen LogP contribution < -0.4 is 10.1 Å². The molecule has 2 atom stereocenters. The molecule has 0 spiro atoms. The van der Waals surface area contributed by atoms with Crippen LogP contribution in [0.4, 0.5) is 0 Å². The molecular formula is C22H29N3O3S. The SMILES string of the molecule is CCOc1ccc(C(=O)NC(C(=O)N2CCCC(c3nccs3)C2)C(C)C)cc1. The number of carbonyl (C=O) groups is 2. The minimum absolute atomic E-state index is 0.00520. The molecular weight excluding hydrogens is 386 g/mol. The van der Waals surface area contributed by atoms with Crippen molar-refractivity contribution in [2.24, 2.45) is 5.92 Å². The first-order valence-electron chi connectivity index (χ1n) is 10.2. The lowest BCUT2D eigenvalue weighted by atomic mass is 9.96. The van der Waals surface area contributed by atoms with Crippen molar-refractivity contribution in [1.82, 2.24) is 15.2 Å². The van der Waals surface area contributed by atoms with Crippen LogP contribution in [0.1, 0.15) is 54.9 Å². The Hall–Kier alpha value is -2.41. The van der Waals surface area contributed by atoms with Crippen LogP contribution in [0, 0.1) is 5.92 Å². The van der Waals surface area contributed by atoms with E-state index >= 15 is 0 Å². The molecule has 2 unspecified atom stereocenters. The topological polar surface area (TPSA) is 71.5 Å². The molecule has 2 amide bonds. The third-order valence-electron chi connectivity index (χ3n) is 5.18. The van der Waals surface area contributed by atoms with Crippen molar-refractivity contribution >= 4 is 23.2 Å². The highest BCUT2D eigenvalue weighted by Gasteiger charge is 2.33. The molecule has 1 aromatic carbocycles. The van der Waals surface area contributed by atoms with E-state index in [1.165, 1.54) is 0 Å². The first-order valence-corrected chi connectivity index (χ1v) is 11.1. The van der Waals surface area contributed by atoms with Crippen LogP contribution in [-0.4, -0.2) is 47.4 Å². The molecule has 1 aromatic heterocycles. The van der Waals surface area contributed by atoms with Crippen LogP contribution >= 0.6 is 11.3 Å². The summed E-state index contributed by atoms with van der Waals surface area (Å²) in [6, 6.07) is 6.44. The number of ether oxygens (including phenoxy) is 1. The highest BCUT2D eigenvalue weighted by atomic mass is 32.1. The van der Waals surface area contributed by atoms with Gasteiger partial charge in [0.05, 0.1) is 11.6 Å². The van der Waals surface area contributed by atoms with Gasteiger partial charge >= 0.3 is 0 Å². The van der Waals surface area contributed by atoms with Gasteiger partial charge in [-0.1, -0.05) is 13.8 Å². The average molecular weight is 416 g/mol. The summed E-state index contributed by atoms with van der Waals surface area (Å²) < 4.78 is 5.42. The number of rotatable bonds is 7. The van der Waals surface area contributed by atoms with Crippen LogP contribution in [0.3, 0.4) is 0 Å². The van der Waals surface area contributed by atoms with Gasteiger partial charge in [0.25, 0.3) is 5.91 Å². The van der Waals surface area contributed by atoms with E-state index in [0.29, 0.717) is 18.7 Å². The van der Waals surface area contributed by atoms with Crippen molar-refractivity contribution in [3.63, 3.8) is 0 Å². The molecule has 156 valence electrons. The number of nitrogens with one attached hydrogen (secondary N) is 1. The summed E-state index contributed by atoms with van der Waals surface area (Å²) in [4.78, 5) is 32.3. The van der Waals surface area contributed by atoms with Crippen LogP contribution in [0.15, 0.2) is 35.8 Å². The fourth-order valence-electron chi connectivity index (χ4n) is 3.62. The Labute approximate surface area is 176 Å². The van der Waals surface area contributed by atoms with Crippen LogP contribution in [0.5, 0.6) is 5.75 Å². The second-order valence-electron chi connectivity index (χ2n) is 7.65. The average Bonchev–Trinajstić information content (AvgIpc) is 3.27. The number of carbonyl (C=O) groups excluding carboxylic acids is 2. The van der Waals surface area contributed by atoms with Gasteiger partial charge in [0.1, 0.15) is 11.8 Å². The number of nitrogens with zero attached hydrogens (tertiary/aromatic N) is 2. The molecule has 0 radical (unpaired) electrons. The number of amides is 2. The van der Waals surface area contributed by atoms with Gasteiger partial charge in [-0.3, -0.25) is 9.59 Å². The maximum Gasteiger partial charge on any atom is 0.251 e. The standard InChI is InChI=1S/C22H29N3O3S/c1-4-28-18-9-7-16(8-10-18)20(26)24-19(15(2)3)22(27)25-12-5-6-17(14-25)21-23-11-13-29-21/h7-11,13,15,17,19H,4-6,12,14H2,1-3H3,(H,24,26). The highest BCUT2D eigenvalue weighted by molar-refractivity contribution is 7.09. The van der Waals surface area contributed by atoms with E-state index in [2.05, 4.69) is 10.3 Å². The molecule has 29 heavy (non-hydrogen) atoms. The van der Waals surface area contributed by atoms with Crippen LogP contribution in [0.2, 0.25) is 0 Å². The van der Waals surface area contributed by atoms with Gasteiger partial charge in [-0.2, -0.15) is 0 Å². The maximum absolute atomic E-state index is 13.2. The Morgan fingerprint density at radius 2 is 2.07 bits per heavy atom. The van der Waals surface area contributed by atoms with E-state index < -0.39 is 6.04 Å². The predicted molar refractivity (Wildman–Crippen MR) is 114 cm³/mol. The van der Waals surface area contributed by atoms with Crippen molar-refractivity contribution in [2.45, 2.75) is 45.6 Å². The molecule has 2 aromatic rings. The summed E-state index contributed by atoms with van der Waals surface area (Å²) in [6.45, 7) is 7.80. The Morgan fingerprint density at radius 3 is 2.69 bits per heavy atom. The van der Waals surface area contributed by atoms with Crippen LogP contribution in [-0.2, 0) is 4.79 Å². The fourth-order valence-corrected chi connectivity index (χ4v) is 4.39. The third kappa shape index (κ3) is 5.35. The molecule has 0 saturated carbocycles. The first kappa shape index (κ1) is 21.3. The van der Waals surface area contributed by atoms with Gasteiger partial charge in [-0.25, -0.2) is 4.98 Å². The lowest BCUT2D eigenvalue weighted by Gasteiger charge is -2.35. The Balaban J connectivity index is 1.66. The predicted octanol–water partition coefficient (Wildman–Crippen LogP) is 3.70. The number of thiazole rings is 1. The zero-order valence-corrected chi connectivity index (χ0v) is 18.1. The number of hydrogen-bond acceptors (Lipinski definition) is 5. The molecule has 6 nitrogen and oxygen atoms in total. The third-order valence-corrected chi connectivity index (χ3v) is 6.12. The molecule has 1 saturated heterocycles. The molecule has 1 aliphatic rings. The first-order chi connectivity index (χ1) is 14.0. The lowest BCUT2D eigenvalue weighted by molar-refractivity contribution is -0.135. The quantitative estimate of drug-likeness (QED) is 0.748. The van der Waals surface area contributed by atoms with Gasteiger partial charge in [0.15, 0.2) is 0 Å². The van der Waals surface area contributed by atoms with Gasteiger partial charge in [0, 0.05) is 36.1 Å². The second-order valence-corrected chi connectivity index (χ2v) is 8.57. The summed E-state index contributed by atoms with van der Waals surface area (Å²) in [5.41, 5.74) is 0.520. The van der Waals surface area contributed by atoms with Crippen molar-refractivity contribution in [2.75, 3.05) is 19.7 Å². The second kappa shape index (κ2) is 9.87. The van der Waals surface area contributed by atoms with E-state index in [4.69, 9.17) is 4.74 Å². The molecule has 1 N–H and O–H groups in total. The highest BCUT2D eigenvalue weighted by Crippen LogP contribution is 2.29. The smallest absolute Gasteiger partial charge is 0.251 e. The van der Waals surface area contributed by atoms with Gasteiger partial charge in [0.2, 0.25) is 5.91 Å². The lowest BCUT2D eigenvalue weighted by Crippen LogP contribution is -2.53. The Morgan fingerprint density at radius 1 is 1.31 bits per heavy atom. The van der Waals surface area contributed by atoms with E-state index in [0.717, 1.165) is 30.1 Å². The summed E-state index contributed by atoms with van der Waals surface area (Å²) >= 11 is 1.64. The molecule has 0 aliphatic carbocycles. The molecule has 1 aliphatic heterocycles. The molecule has 2 heterocycles. The monoisotopic (exact) mass is 415 g/mol. The van der Waals surface area contributed by atoms with E-state index in [1.807, 2.05) is 37.2 Å². The minimum Gasteiger partial charge on any atom is -0.494 e. The summed E-state index contributed by atoms with van der Waals surface area (Å²) in [7, 11) is 0. The van der Waals surface area contributed by atoms with Crippen molar-refractivity contribution in [1.29, 1.82) is 0 Å². The number of aromatic nitrogens is 1. The van der Waals surface area contributed by atoms with E-state index in [1.54, 1.807) is 35.6 Å². The normalized spacial score (nSPS) is 17.8. The van der Waals surface area contributed by atoms with E-state index in [-0.39, 0.29) is 23.7 Å². The number of benzene rings is 1. The summed E-state index contributed by atoms with van der Waals surface area (Å²) in [6.07, 6.45) is 3.81. The number of hydrogen-bond donors (Lipinski definition) is 1. The molecule has 1 fully saturated rings. The van der Waals surface area contributed by atoms with Crippen molar-refractivity contribution in [3.05, 3.63) is 46.4 Å². The summed E-state index contributed by atoms with van der Waals surface area (Å²) in [5.74, 6) is 0.743. The van der Waals surface area contributed by atoms with Gasteiger partial charge in [-0.15, -0.1) is 11.3 Å². The van der Waals surface area contributed by atoms with Crippen molar-refractivity contribution in [3.8, 4) is 5.75 Å². The zero-order chi connectivity index (χ0) is 20.8. The largest absolute Gasteiger partial charge is 0.494 e.